The number of carboxylic acids is 1. The number of thiazole rings is 1. The van der Waals surface area contributed by atoms with Crippen LogP contribution in [-0.4, -0.2) is 29.1 Å². The number of ether oxygens (including phenoxy) is 1. The maximum absolute atomic E-state index is 12.0. The number of amides is 1. The predicted molar refractivity (Wildman–Crippen MR) is 79.7 cm³/mol. The Hall–Kier alpha value is -2.67. The Morgan fingerprint density at radius 3 is 2.67 bits per heavy atom. The number of methoxy groups -OCH3 is 1. The Labute approximate surface area is 124 Å². The molecule has 0 atom stereocenters. The number of benzene rings is 1. The molecule has 0 aliphatic carbocycles. The van der Waals surface area contributed by atoms with Gasteiger partial charge in [-0.3, -0.25) is 10.1 Å². The third kappa shape index (κ3) is 4.15. The summed E-state index contributed by atoms with van der Waals surface area (Å²) in [5.74, 6) is -0.658. The molecule has 0 fully saturated rings. The van der Waals surface area contributed by atoms with Crippen molar-refractivity contribution in [3.63, 3.8) is 0 Å². The van der Waals surface area contributed by atoms with Crippen molar-refractivity contribution in [3.8, 4) is 5.75 Å². The van der Waals surface area contributed by atoms with Gasteiger partial charge in [0.1, 0.15) is 5.75 Å². The van der Waals surface area contributed by atoms with Gasteiger partial charge in [-0.05, 0) is 30.3 Å². The SMILES string of the molecule is COc1ccc(C(=O)Nc2ncc(C=CC(=O)O)s2)cc1. The molecule has 1 heterocycles. The van der Waals surface area contributed by atoms with Crippen molar-refractivity contribution in [3.05, 3.63) is 47.0 Å². The number of nitrogens with one attached hydrogen (secondary N) is 1. The average molecular weight is 304 g/mol. The summed E-state index contributed by atoms with van der Waals surface area (Å²) < 4.78 is 5.02. The molecule has 0 saturated heterocycles. The molecule has 0 bridgehead atoms. The number of nitrogens with zero attached hydrogens (tertiary/aromatic N) is 1. The van der Waals surface area contributed by atoms with Crippen LogP contribution in [0.3, 0.4) is 0 Å². The van der Waals surface area contributed by atoms with E-state index in [2.05, 4.69) is 10.3 Å². The van der Waals surface area contributed by atoms with Crippen molar-refractivity contribution in [2.75, 3.05) is 12.4 Å². The minimum atomic E-state index is -1.03. The summed E-state index contributed by atoms with van der Waals surface area (Å²) in [5.41, 5.74) is 0.480. The van der Waals surface area contributed by atoms with Crippen molar-refractivity contribution in [2.24, 2.45) is 0 Å². The number of carbonyl (C=O) groups is 2. The lowest BCUT2D eigenvalue weighted by atomic mass is 10.2. The number of carbonyl (C=O) groups excluding carboxylic acids is 1. The molecule has 1 aromatic carbocycles. The maximum Gasteiger partial charge on any atom is 0.328 e. The Kier molecular flexibility index (Phi) is 4.68. The first kappa shape index (κ1) is 14.7. The molecule has 2 aromatic rings. The molecule has 1 aromatic heterocycles. The van der Waals surface area contributed by atoms with Gasteiger partial charge in [0, 0.05) is 22.7 Å². The Morgan fingerprint density at radius 1 is 1.33 bits per heavy atom. The van der Waals surface area contributed by atoms with Crippen LogP contribution < -0.4 is 10.1 Å². The van der Waals surface area contributed by atoms with E-state index in [0.29, 0.717) is 21.3 Å². The molecule has 0 aliphatic heterocycles. The molecule has 0 saturated carbocycles. The van der Waals surface area contributed by atoms with Crippen LogP contribution in [0.2, 0.25) is 0 Å². The van der Waals surface area contributed by atoms with E-state index in [1.54, 1.807) is 31.4 Å². The van der Waals surface area contributed by atoms with Crippen molar-refractivity contribution in [1.29, 1.82) is 0 Å². The molecule has 21 heavy (non-hydrogen) atoms. The molecule has 0 aliphatic rings. The number of anilines is 1. The minimum absolute atomic E-state index is 0.291. The average Bonchev–Trinajstić information content (AvgIpc) is 2.92. The van der Waals surface area contributed by atoms with Crippen molar-refractivity contribution in [2.45, 2.75) is 0 Å². The summed E-state index contributed by atoms with van der Waals surface area (Å²) in [4.78, 5) is 27.1. The first-order chi connectivity index (χ1) is 10.1. The molecule has 7 heteroatoms. The van der Waals surface area contributed by atoms with Crippen LogP contribution in [-0.2, 0) is 4.79 Å². The van der Waals surface area contributed by atoms with Crippen LogP contribution in [0.25, 0.3) is 6.08 Å². The second-order valence-corrected chi connectivity index (χ2v) is 4.98. The minimum Gasteiger partial charge on any atom is -0.497 e. The van der Waals surface area contributed by atoms with Crippen molar-refractivity contribution >= 4 is 34.4 Å². The smallest absolute Gasteiger partial charge is 0.328 e. The Morgan fingerprint density at radius 2 is 2.05 bits per heavy atom. The highest BCUT2D eigenvalue weighted by Gasteiger charge is 2.08. The van der Waals surface area contributed by atoms with Crippen LogP contribution in [0.15, 0.2) is 36.5 Å². The molecule has 0 unspecified atom stereocenters. The maximum atomic E-state index is 12.0. The quantitative estimate of drug-likeness (QED) is 0.829. The van der Waals surface area contributed by atoms with Gasteiger partial charge in [0.15, 0.2) is 5.13 Å². The van der Waals surface area contributed by atoms with Gasteiger partial charge in [-0.1, -0.05) is 11.3 Å². The van der Waals surface area contributed by atoms with Crippen LogP contribution in [0.1, 0.15) is 15.2 Å². The third-order valence-corrected chi connectivity index (χ3v) is 3.36. The monoisotopic (exact) mass is 304 g/mol. The number of hydrogen-bond donors (Lipinski definition) is 2. The Bertz CT molecular complexity index is 677. The third-order valence-electron chi connectivity index (χ3n) is 2.49. The van der Waals surface area contributed by atoms with Crippen LogP contribution in [0.5, 0.6) is 5.75 Å². The van der Waals surface area contributed by atoms with Crippen LogP contribution in [0, 0.1) is 0 Å². The van der Waals surface area contributed by atoms with E-state index in [0.717, 1.165) is 6.08 Å². The molecular formula is C14H12N2O4S. The van der Waals surface area contributed by atoms with Crippen LogP contribution in [0.4, 0.5) is 5.13 Å². The zero-order chi connectivity index (χ0) is 15.2. The van der Waals surface area contributed by atoms with E-state index in [4.69, 9.17) is 9.84 Å². The number of aromatic nitrogens is 1. The lowest BCUT2D eigenvalue weighted by Crippen LogP contribution is -2.11. The molecular weight excluding hydrogens is 292 g/mol. The standard InChI is InChI=1S/C14H12N2O4S/c1-20-10-4-2-9(3-5-10)13(19)16-14-15-8-11(21-14)6-7-12(17)18/h2-8H,1H3,(H,17,18)(H,15,16,19). The fraction of sp³-hybridized carbons (Fsp3) is 0.0714. The van der Waals surface area contributed by atoms with Gasteiger partial charge in [0.2, 0.25) is 0 Å². The number of aliphatic carboxylic acids is 1. The van der Waals surface area contributed by atoms with Crippen molar-refractivity contribution < 1.29 is 19.4 Å². The number of rotatable bonds is 5. The second-order valence-electron chi connectivity index (χ2n) is 3.92. The lowest BCUT2D eigenvalue weighted by molar-refractivity contribution is -0.131. The van der Waals surface area contributed by atoms with E-state index in [1.807, 2.05) is 0 Å². The second kappa shape index (κ2) is 6.67. The molecule has 108 valence electrons. The molecule has 0 radical (unpaired) electrons. The summed E-state index contributed by atoms with van der Waals surface area (Å²) in [6, 6.07) is 6.68. The molecule has 6 nitrogen and oxygen atoms in total. The van der Waals surface area contributed by atoms with E-state index in [-0.39, 0.29) is 5.91 Å². The fourth-order valence-corrected chi connectivity index (χ4v) is 2.20. The van der Waals surface area contributed by atoms with Crippen molar-refractivity contribution in [1.82, 2.24) is 4.98 Å². The first-order valence-electron chi connectivity index (χ1n) is 5.91. The molecule has 0 spiro atoms. The fourth-order valence-electron chi connectivity index (χ4n) is 1.49. The largest absolute Gasteiger partial charge is 0.497 e. The van der Waals surface area contributed by atoms with Gasteiger partial charge in [-0.15, -0.1) is 0 Å². The van der Waals surface area contributed by atoms with Gasteiger partial charge in [-0.2, -0.15) is 0 Å². The zero-order valence-electron chi connectivity index (χ0n) is 11.1. The van der Waals surface area contributed by atoms with E-state index >= 15 is 0 Å². The number of hydrogen-bond acceptors (Lipinski definition) is 5. The topological polar surface area (TPSA) is 88.5 Å². The van der Waals surface area contributed by atoms with Gasteiger partial charge in [0.25, 0.3) is 5.91 Å². The predicted octanol–water partition coefficient (Wildman–Crippen LogP) is 2.50. The van der Waals surface area contributed by atoms with Gasteiger partial charge >= 0.3 is 5.97 Å². The summed E-state index contributed by atoms with van der Waals surface area (Å²) in [5, 5.41) is 11.6. The number of carboxylic acid groups (broad SMARTS) is 1. The highest BCUT2D eigenvalue weighted by atomic mass is 32.1. The van der Waals surface area contributed by atoms with E-state index < -0.39 is 5.97 Å². The lowest BCUT2D eigenvalue weighted by Gasteiger charge is -2.03. The summed E-state index contributed by atoms with van der Waals surface area (Å²) >= 11 is 1.19. The van der Waals surface area contributed by atoms with Gasteiger partial charge in [0.05, 0.1) is 7.11 Å². The van der Waals surface area contributed by atoms with E-state index in [9.17, 15) is 9.59 Å². The molecule has 2 rings (SSSR count). The normalized spacial score (nSPS) is 10.5. The van der Waals surface area contributed by atoms with E-state index in [1.165, 1.54) is 23.6 Å². The first-order valence-corrected chi connectivity index (χ1v) is 6.72. The zero-order valence-corrected chi connectivity index (χ0v) is 11.9. The summed E-state index contributed by atoms with van der Waals surface area (Å²) in [6.07, 6.45) is 3.93. The van der Waals surface area contributed by atoms with Crippen LogP contribution >= 0.6 is 11.3 Å². The van der Waals surface area contributed by atoms with Gasteiger partial charge in [-0.25, -0.2) is 9.78 Å². The Balaban J connectivity index is 2.03. The summed E-state index contributed by atoms with van der Waals surface area (Å²) in [7, 11) is 1.55. The highest BCUT2D eigenvalue weighted by Crippen LogP contribution is 2.20. The summed E-state index contributed by atoms with van der Waals surface area (Å²) in [6.45, 7) is 0. The van der Waals surface area contributed by atoms with Gasteiger partial charge < -0.3 is 9.84 Å². The molecule has 1 amide bonds. The highest BCUT2D eigenvalue weighted by molar-refractivity contribution is 7.16. The molecule has 2 N–H and O–H groups in total.